The van der Waals surface area contributed by atoms with Gasteiger partial charge in [-0.15, -0.1) is 0 Å². The van der Waals surface area contributed by atoms with Crippen molar-refractivity contribution < 1.29 is 0 Å². The molecule has 0 amide bonds. The molecule has 0 radical (unpaired) electrons. The van der Waals surface area contributed by atoms with Crippen molar-refractivity contribution in [1.82, 2.24) is 14.8 Å². The van der Waals surface area contributed by atoms with E-state index in [4.69, 9.17) is 5.73 Å². The summed E-state index contributed by atoms with van der Waals surface area (Å²) in [5.41, 5.74) is 8.20. The van der Waals surface area contributed by atoms with Crippen LogP contribution in [0.5, 0.6) is 0 Å². The first-order chi connectivity index (χ1) is 9.10. The molecule has 102 valence electrons. The average Bonchev–Trinajstić information content (AvgIpc) is 2.89. The third kappa shape index (κ3) is 3.41. The van der Waals surface area contributed by atoms with Crippen molar-refractivity contribution in [3.8, 4) is 5.82 Å². The van der Waals surface area contributed by atoms with E-state index >= 15 is 0 Å². The number of hydrogen-bond acceptors (Lipinski definition) is 3. The molecule has 0 saturated carbocycles. The molecule has 1 atom stereocenters. The molecule has 4 heteroatoms. The van der Waals surface area contributed by atoms with Gasteiger partial charge in [-0.1, -0.05) is 26.8 Å². The lowest BCUT2D eigenvalue weighted by atomic mass is 10.1. The van der Waals surface area contributed by atoms with E-state index in [0.29, 0.717) is 5.92 Å². The van der Waals surface area contributed by atoms with Gasteiger partial charge in [0.2, 0.25) is 0 Å². The maximum Gasteiger partial charge on any atom is 0.153 e. The minimum Gasteiger partial charge on any atom is -0.327 e. The van der Waals surface area contributed by atoms with E-state index in [1.54, 1.807) is 0 Å². The highest BCUT2D eigenvalue weighted by Crippen LogP contribution is 2.13. The van der Waals surface area contributed by atoms with Gasteiger partial charge in [-0.2, -0.15) is 5.10 Å². The lowest BCUT2D eigenvalue weighted by Crippen LogP contribution is -2.21. The number of pyridine rings is 1. The zero-order chi connectivity index (χ0) is 13.8. The number of hydrogen-bond donors (Lipinski definition) is 1. The monoisotopic (exact) mass is 258 g/mol. The quantitative estimate of drug-likeness (QED) is 0.897. The number of nitrogens with two attached hydrogens (primary N) is 1. The third-order valence-electron chi connectivity index (χ3n) is 3.27. The molecule has 4 nitrogen and oxygen atoms in total. The van der Waals surface area contributed by atoms with Crippen LogP contribution in [-0.4, -0.2) is 20.8 Å². The van der Waals surface area contributed by atoms with Crippen molar-refractivity contribution in [2.75, 3.05) is 0 Å². The van der Waals surface area contributed by atoms with Crippen LogP contribution >= 0.6 is 0 Å². The SMILES string of the molecule is CCC(N)Cc1ccc(-n2ccc(C(C)C)n2)nc1. The Morgan fingerprint density at radius 1 is 1.26 bits per heavy atom. The van der Waals surface area contributed by atoms with Gasteiger partial charge < -0.3 is 5.73 Å². The van der Waals surface area contributed by atoms with E-state index in [0.717, 1.165) is 24.4 Å². The molecular weight excluding hydrogens is 236 g/mol. The molecule has 19 heavy (non-hydrogen) atoms. The zero-order valence-electron chi connectivity index (χ0n) is 11.9. The molecule has 0 saturated heterocycles. The molecule has 2 heterocycles. The van der Waals surface area contributed by atoms with Gasteiger partial charge >= 0.3 is 0 Å². The van der Waals surface area contributed by atoms with Gasteiger partial charge in [0.05, 0.1) is 5.69 Å². The molecule has 2 N–H and O–H groups in total. The summed E-state index contributed by atoms with van der Waals surface area (Å²) in [5.74, 6) is 1.28. The van der Waals surface area contributed by atoms with Crippen molar-refractivity contribution in [3.63, 3.8) is 0 Å². The standard InChI is InChI=1S/C15H22N4/c1-4-13(16)9-12-5-6-15(17-10-12)19-8-7-14(18-19)11(2)3/h5-8,10-11,13H,4,9,16H2,1-3H3. The van der Waals surface area contributed by atoms with Crippen LogP contribution in [0.3, 0.4) is 0 Å². The summed E-state index contributed by atoms with van der Waals surface area (Å²) in [6, 6.07) is 6.32. The summed E-state index contributed by atoms with van der Waals surface area (Å²) in [7, 11) is 0. The van der Waals surface area contributed by atoms with Crippen molar-refractivity contribution >= 4 is 0 Å². The minimum absolute atomic E-state index is 0.213. The van der Waals surface area contributed by atoms with Crippen molar-refractivity contribution in [2.45, 2.75) is 45.6 Å². The van der Waals surface area contributed by atoms with E-state index in [1.807, 2.05) is 29.2 Å². The van der Waals surface area contributed by atoms with E-state index in [1.165, 1.54) is 5.56 Å². The number of nitrogens with zero attached hydrogens (tertiary/aromatic N) is 3. The first-order valence-electron chi connectivity index (χ1n) is 6.86. The van der Waals surface area contributed by atoms with Gasteiger partial charge in [0.1, 0.15) is 0 Å². The van der Waals surface area contributed by atoms with Crippen LogP contribution in [0.1, 0.15) is 44.4 Å². The lowest BCUT2D eigenvalue weighted by Gasteiger charge is -2.08. The summed E-state index contributed by atoms with van der Waals surface area (Å²) in [6.07, 6.45) is 5.70. The summed E-state index contributed by atoms with van der Waals surface area (Å²) in [5, 5.41) is 4.52. The molecule has 0 fully saturated rings. The van der Waals surface area contributed by atoms with Crippen LogP contribution in [0.25, 0.3) is 5.82 Å². The number of aromatic nitrogens is 3. The zero-order valence-corrected chi connectivity index (χ0v) is 11.9. The Labute approximate surface area is 114 Å². The summed E-state index contributed by atoms with van der Waals surface area (Å²) < 4.78 is 1.82. The Morgan fingerprint density at radius 2 is 2.05 bits per heavy atom. The second-order valence-corrected chi connectivity index (χ2v) is 5.24. The average molecular weight is 258 g/mol. The predicted octanol–water partition coefficient (Wildman–Crippen LogP) is 2.67. The van der Waals surface area contributed by atoms with Gasteiger partial charge in [0.15, 0.2) is 5.82 Å². The Balaban J connectivity index is 2.13. The van der Waals surface area contributed by atoms with Gasteiger partial charge in [0.25, 0.3) is 0 Å². The van der Waals surface area contributed by atoms with Crippen molar-refractivity contribution in [1.29, 1.82) is 0 Å². The van der Waals surface area contributed by atoms with Crippen LogP contribution in [0.4, 0.5) is 0 Å². The lowest BCUT2D eigenvalue weighted by molar-refractivity contribution is 0.644. The smallest absolute Gasteiger partial charge is 0.153 e. The second kappa shape index (κ2) is 5.97. The van der Waals surface area contributed by atoms with E-state index in [2.05, 4.69) is 36.9 Å². The van der Waals surface area contributed by atoms with E-state index in [-0.39, 0.29) is 6.04 Å². The predicted molar refractivity (Wildman–Crippen MR) is 77.4 cm³/mol. The molecule has 2 aromatic rings. The topological polar surface area (TPSA) is 56.7 Å². The molecule has 0 spiro atoms. The first-order valence-corrected chi connectivity index (χ1v) is 6.86. The minimum atomic E-state index is 0.213. The third-order valence-corrected chi connectivity index (χ3v) is 3.27. The molecule has 0 aliphatic carbocycles. The Bertz CT molecular complexity index is 513. The van der Waals surface area contributed by atoms with Crippen LogP contribution in [0.2, 0.25) is 0 Å². The van der Waals surface area contributed by atoms with Gasteiger partial charge in [-0.05, 0) is 36.5 Å². The Hall–Kier alpha value is -1.68. The molecule has 2 rings (SSSR count). The van der Waals surface area contributed by atoms with Crippen molar-refractivity contribution in [2.24, 2.45) is 5.73 Å². The van der Waals surface area contributed by atoms with E-state index < -0.39 is 0 Å². The summed E-state index contributed by atoms with van der Waals surface area (Å²) >= 11 is 0. The molecule has 1 unspecified atom stereocenters. The van der Waals surface area contributed by atoms with Crippen LogP contribution in [0, 0.1) is 0 Å². The summed E-state index contributed by atoms with van der Waals surface area (Å²) in [4.78, 5) is 4.45. The highest BCUT2D eigenvalue weighted by molar-refractivity contribution is 5.26. The Kier molecular flexibility index (Phi) is 4.32. The summed E-state index contributed by atoms with van der Waals surface area (Å²) in [6.45, 7) is 6.37. The first kappa shape index (κ1) is 13.7. The molecule has 2 aromatic heterocycles. The maximum atomic E-state index is 5.95. The van der Waals surface area contributed by atoms with E-state index in [9.17, 15) is 0 Å². The fourth-order valence-corrected chi connectivity index (χ4v) is 1.89. The van der Waals surface area contributed by atoms with Gasteiger partial charge in [0, 0.05) is 18.4 Å². The second-order valence-electron chi connectivity index (χ2n) is 5.24. The molecule has 0 aliphatic heterocycles. The van der Waals surface area contributed by atoms with Crippen LogP contribution < -0.4 is 5.73 Å². The van der Waals surface area contributed by atoms with Gasteiger partial charge in [-0.25, -0.2) is 9.67 Å². The van der Waals surface area contributed by atoms with Crippen molar-refractivity contribution in [3.05, 3.63) is 41.9 Å². The molecule has 0 bridgehead atoms. The number of rotatable bonds is 5. The highest BCUT2D eigenvalue weighted by atomic mass is 15.3. The largest absolute Gasteiger partial charge is 0.327 e. The fraction of sp³-hybridized carbons (Fsp3) is 0.467. The molecule has 0 aromatic carbocycles. The van der Waals surface area contributed by atoms with Gasteiger partial charge in [-0.3, -0.25) is 0 Å². The fourth-order valence-electron chi connectivity index (χ4n) is 1.89. The molecule has 0 aliphatic rings. The Morgan fingerprint density at radius 3 is 2.58 bits per heavy atom. The highest BCUT2D eigenvalue weighted by Gasteiger charge is 2.06. The molecular formula is C15H22N4. The maximum absolute atomic E-state index is 5.95. The normalized spacial score (nSPS) is 12.9. The van der Waals surface area contributed by atoms with Crippen LogP contribution in [-0.2, 0) is 6.42 Å². The van der Waals surface area contributed by atoms with Crippen LogP contribution in [0.15, 0.2) is 30.6 Å².